The molecule has 0 spiro atoms. The van der Waals surface area contributed by atoms with E-state index in [9.17, 15) is 31.5 Å². The number of aliphatic hydroxyl groups excluding tert-OH is 1. The van der Waals surface area contributed by atoms with Gasteiger partial charge >= 0.3 is 11.9 Å². The van der Waals surface area contributed by atoms with Crippen LogP contribution in [0.15, 0.2) is 77.7 Å². The summed E-state index contributed by atoms with van der Waals surface area (Å²) in [5, 5.41) is 16.0. The minimum Gasteiger partial charge on any atom is -0.390 e. The molecule has 0 aliphatic carbocycles. The van der Waals surface area contributed by atoms with Crippen molar-refractivity contribution in [1.29, 1.82) is 0 Å². The summed E-state index contributed by atoms with van der Waals surface area (Å²) in [6.07, 6.45) is -0.651. The van der Waals surface area contributed by atoms with E-state index in [-0.39, 0.29) is 31.4 Å². The molecule has 15 heteroatoms. The van der Waals surface area contributed by atoms with E-state index < -0.39 is 27.9 Å². The third-order valence-corrected chi connectivity index (χ3v) is 11.0. The van der Waals surface area contributed by atoms with Crippen LogP contribution in [0.4, 0.5) is 13.2 Å². The summed E-state index contributed by atoms with van der Waals surface area (Å²) < 4.78 is 71.1. The normalized spacial score (nSPS) is 17.3. The molecular formula is C35H38F3N7O4S. The summed E-state index contributed by atoms with van der Waals surface area (Å²) in [6, 6.07) is 18.1. The van der Waals surface area contributed by atoms with E-state index in [1.165, 1.54) is 16.4 Å². The lowest BCUT2D eigenvalue weighted by molar-refractivity contribution is -0.137. The molecule has 3 aromatic heterocycles. The van der Waals surface area contributed by atoms with E-state index >= 15 is 0 Å². The van der Waals surface area contributed by atoms with Crippen molar-refractivity contribution in [2.24, 2.45) is 0 Å². The molecule has 1 unspecified atom stereocenters. The third kappa shape index (κ3) is 6.87. The van der Waals surface area contributed by atoms with Crippen LogP contribution in [0.1, 0.15) is 41.4 Å². The number of aromatic nitrogens is 5. The predicted molar refractivity (Wildman–Crippen MR) is 182 cm³/mol. The summed E-state index contributed by atoms with van der Waals surface area (Å²) in [5.74, 6) is 0. The quantitative estimate of drug-likeness (QED) is 0.245. The summed E-state index contributed by atoms with van der Waals surface area (Å²) in [6.45, 7) is 2.51. The number of benzene rings is 2. The number of nitrogens with zero attached hydrogens (tertiary/aromatic N) is 7. The molecule has 2 aliphatic rings. The highest BCUT2D eigenvalue weighted by atomic mass is 32.2. The lowest BCUT2D eigenvalue weighted by atomic mass is 10.0. The molecule has 2 aromatic carbocycles. The first-order valence-corrected chi connectivity index (χ1v) is 18.4. The van der Waals surface area contributed by atoms with E-state index in [4.69, 9.17) is 5.10 Å². The molecule has 2 aliphatic heterocycles. The van der Waals surface area contributed by atoms with Gasteiger partial charge in [-0.3, -0.25) is 18.8 Å². The largest absolute Gasteiger partial charge is 0.416 e. The Labute approximate surface area is 287 Å². The molecule has 1 fully saturated rings. The van der Waals surface area contributed by atoms with Gasteiger partial charge in [-0.25, -0.2) is 13.2 Å². The summed E-state index contributed by atoms with van der Waals surface area (Å²) in [5.41, 5.74) is 3.93. The van der Waals surface area contributed by atoms with Gasteiger partial charge in [0.2, 0.25) is 10.0 Å². The zero-order valence-electron chi connectivity index (χ0n) is 27.5. The second-order valence-electron chi connectivity index (χ2n) is 13.1. The van der Waals surface area contributed by atoms with Gasteiger partial charge < -0.3 is 10.0 Å². The average Bonchev–Trinajstić information content (AvgIpc) is 3.58. The van der Waals surface area contributed by atoms with Crippen LogP contribution in [0.5, 0.6) is 0 Å². The number of fused-ring (bicyclic) bond motifs is 2. The summed E-state index contributed by atoms with van der Waals surface area (Å²) in [7, 11) is -3.51. The van der Waals surface area contributed by atoms with Gasteiger partial charge in [0.1, 0.15) is 0 Å². The van der Waals surface area contributed by atoms with Crippen molar-refractivity contribution in [2.75, 3.05) is 32.4 Å². The molecule has 1 N–H and O–H groups in total. The van der Waals surface area contributed by atoms with Crippen molar-refractivity contribution < 1.29 is 26.7 Å². The zero-order chi connectivity index (χ0) is 35.2. The molecule has 5 aromatic rings. The molecule has 50 heavy (non-hydrogen) atoms. The van der Waals surface area contributed by atoms with Crippen LogP contribution in [0, 0.1) is 0 Å². The first-order valence-electron chi connectivity index (χ1n) is 16.6. The number of hydrogen-bond acceptors (Lipinski definition) is 7. The fourth-order valence-corrected chi connectivity index (χ4v) is 8.04. The van der Waals surface area contributed by atoms with E-state index in [0.29, 0.717) is 49.4 Å². The Bertz CT molecular complexity index is 2150. The standard InChI is InChI=1S/C35H38F3N7O4S/c1-50(48,49)42-19-15-30-29(23-42)33(24-9-11-25(12-10-24)35(36,37)38)40-44(30)22-28(46)21-41-17-13-27(14-18-41)45-32-8-3-2-7-31(32)43(34(45)47)20-26-6-4-5-16-39-26/h2-12,16,27-28,46H,13-15,17-23H2,1H3. The second-order valence-corrected chi connectivity index (χ2v) is 15.1. The maximum absolute atomic E-state index is 13.8. The van der Waals surface area contributed by atoms with Gasteiger partial charge in [-0.2, -0.15) is 22.6 Å². The molecule has 5 heterocycles. The molecule has 0 radical (unpaired) electrons. The molecule has 1 saturated heterocycles. The molecule has 11 nitrogen and oxygen atoms in total. The highest BCUT2D eigenvalue weighted by molar-refractivity contribution is 7.88. The SMILES string of the molecule is CS(=O)(=O)N1CCc2c(c(-c3ccc(C(F)(F)F)cc3)nn2CC(O)CN2CCC(n3c(=O)n(Cc4ccccn4)c4ccccc43)CC2)C1. The fraction of sp³-hybridized carbons (Fsp3) is 0.400. The molecule has 264 valence electrons. The van der Waals surface area contributed by atoms with Crippen LogP contribution in [-0.4, -0.2) is 85.2 Å². The number of likely N-dealkylation sites (tertiary alicyclic amines) is 1. The lowest BCUT2D eigenvalue weighted by Crippen LogP contribution is -2.42. The van der Waals surface area contributed by atoms with Crippen molar-refractivity contribution >= 4 is 21.1 Å². The van der Waals surface area contributed by atoms with Crippen LogP contribution in [-0.2, 0) is 42.3 Å². The first-order chi connectivity index (χ1) is 23.9. The Morgan fingerprint density at radius 2 is 1.64 bits per heavy atom. The maximum Gasteiger partial charge on any atom is 0.416 e. The monoisotopic (exact) mass is 709 g/mol. The second kappa shape index (κ2) is 13.4. The van der Waals surface area contributed by atoms with Gasteiger partial charge in [-0.1, -0.05) is 30.3 Å². The number of piperidine rings is 1. The van der Waals surface area contributed by atoms with Gasteiger partial charge in [0.15, 0.2) is 0 Å². The Kier molecular flexibility index (Phi) is 9.18. The molecular weight excluding hydrogens is 671 g/mol. The number of para-hydroxylation sites is 2. The average molecular weight is 710 g/mol. The number of imidazole rings is 1. The molecule has 7 rings (SSSR count). The van der Waals surface area contributed by atoms with E-state index in [1.54, 1.807) is 15.4 Å². The minimum absolute atomic E-state index is 0.00649. The Hall–Kier alpha value is -4.31. The van der Waals surface area contributed by atoms with Crippen LogP contribution in [0.25, 0.3) is 22.3 Å². The molecule has 0 amide bonds. The number of pyridine rings is 1. The lowest BCUT2D eigenvalue weighted by Gasteiger charge is -2.33. The van der Waals surface area contributed by atoms with Crippen molar-refractivity contribution in [1.82, 2.24) is 33.1 Å². The van der Waals surface area contributed by atoms with E-state index in [2.05, 4.69) is 9.88 Å². The van der Waals surface area contributed by atoms with Gasteiger partial charge in [0.05, 0.1) is 53.4 Å². The number of halogens is 3. The molecule has 0 saturated carbocycles. The van der Waals surface area contributed by atoms with Crippen molar-refractivity contribution in [3.05, 3.63) is 106 Å². The van der Waals surface area contributed by atoms with E-state index in [1.807, 2.05) is 47.0 Å². The number of rotatable bonds is 9. The fourth-order valence-electron chi connectivity index (χ4n) is 7.26. The number of aliphatic hydroxyl groups is 1. The van der Waals surface area contributed by atoms with Gasteiger partial charge in [-0.05, 0) is 49.2 Å². The Morgan fingerprint density at radius 3 is 2.30 bits per heavy atom. The maximum atomic E-state index is 13.8. The van der Waals surface area contributed by atoms with Crippen LogP contribution < -0.4 is 5.69 Å². The Morgan fingerprint density at radius 1 is 0.940 bits per heavy atom. The van der Waals surface area contributed by atoms with Crippen LogP contribution >= 0.6 is 0 Å². The number of alkyl halides is 3. The van der Waals surface area contributed by atoms with Crippen LogP contribution in [0.3, 0.4) is 0 Å². The third-order valence-electron chi connectivity index (χ3n) is 9.74. The number of hydrogen-bond donors (Lipinski definition) is 1. The van der Waals surface area contributed by atoms with E-state index in [0.717, 1.165) is 53.7 Å². The zero-order valence-corrected chi connectivity index (χ0v) is 28.3. The minimum atomic E-state index is -4.49. The van der Waals surface area contributed by atoms with Crippen molar-refractivity contribution in [3.63, 3.8) is 0 Å². The predicted octanol–water partition coefficient (Wildman–Crippen LogP) is 4.14. The van der Waals surface area contributed by atoms with Gasteiger partial charge in [0.25, 0.3) is 0 Å². The molecule has 1 atom stereocenters. The van der Waals surface area contributed by atoms with Crippen molar-refractivity contribution in [3.8, 4) is 11.3 Å². The first kappa shape index (κ1) is 34.2. The topological polar surface area (TPSA) is 118 Å². The highest BCUT2D eigenvalue weighted by Gasteiger charge is 2.33. The van der Waals surface area contributed by atoms with Crippen LogP contribution in [0.2, 0.25) is 0 Å². The Balaban J connectivity index is 1.06. The molecule has 0 bridgehead atoms. The number of sulfonamides is 1. The smallest absolute Gasteiger partial charge is 0.390 e. The highest BCUT2D eigenvalue weighted by Crippen LogP contribution is 2.35. The van der Waals surface area contributed by atoms with Gasteiger partial charge in [-0.15, -0.1) is 0 Å². The van der Waals surface area contributed by atoms with Gasteiger partial charge in [0, 0.05) is 68.2 Å². The number of β-amino-alcohol motifs (C(OH)–C–C–N with tert-alkyl or cyclic N) is 1. The summed E-state index contributed by atoms with van der Waals surface area (Å²) >= 11 is 0. The van der Waals surface area contributed by atoms with Crippen molar-refractivity contribution in [2.45, 2.75) is 57.2 Å². The summed E-state index contributed by atoms with van der Waals surface area (Å²) in [4.78, 5) is 20.3.